The molecule has 0 atom stereocenters. The number of benzene rings is 2. The highest BCUT2D eigenvalue weighted by Gasteiger charge is 2.29. The molecule has 144 valence electrons. The van der Waals surface area contributed by atoms with Crippen molar-refractivity contribution in [2.45, 2.75) is 19.8 Å². The van der Waals surface area contributed by atoms with Crippen molar-refractivity contribution < 1.29 is 23.1 Å². The highest BCUT2D eigenvalue weighted by atomic mass is 31.2. The number of hydrogen-bond donors (Lipinski definition) is 1. The number of carbonyl (C=O) groups is 1. The van der Waals surface area contributed by atoms with E-state index >= 15 is 0 Å². The van der Waals surface area contributed by atoms with Gasteiger partial charge in [-0.15, -0.1) is 0 Å². The molecule has 0 aliphatic heterocycles. The van der Waals surface area contributed by atoms with Crippen LogP contribution in [0.2, 0.25) is 0 Å². The molecule has 0 unspecified atom stereocenters. The Labute approximate surface area is 159 Å². The zero-order chi connectivity index (χ0) is 19.3. The van der Waals surface area contributed by atoms with Gasteiger partial charge in [0.1, 0.15) is 12.9 Å². The van der Waals surface area contributed by atoms with Gasteiger partial charge in [-0.05, 0) is 36.1 Å². The third kappa shape index (κ3) is 4.41. The first-order valence-electron chi connectivity index (χ1n) is 9.05. The average molecular weight is 389 g/mol. The standard InChI is InChI=1S/C20H24NO5P/c1-3-25-27(23,26-4-2)14-21-20(22)24-13-19-17-11-7-5-9-15(17)16-10-6-8-12-18(16)19/h5-12,19H,3-4,13-14H2,1-2H3,(H,21,22). The fourth-order valence-electron chi connectivity index (χ4n) is 3.33. The molecule has 0 spiro atoms. The molecular weight excluding hydrogens is 365 g/mol. The van der Waals surface area contributed by atoms with E-state index in [0.717, 1.165) is 11.1 Å². The third-order valence-corrected chi connectivity index (χ3v) is 6.26. The molecular formula is C20H24NO5P. The fourth-order valence-corrected chi connectivity index (χ4v) is 4.70. The van der Waals surface area contributed by atoms with Crippen molar-refractivity contribution in [2.75, 3.05) is 26.1 Å². The summed E-state index contributed by atoms with van der Waals surface area (Å²) in [5.74, 6) is -0.0197. The van der Waals surface area contributed by atoms with Gasteiger partial charge in [0.15, 0.2) is 0 Å². The van der Waals surface area contributed by atoms with Crippen LogP contribution in [-0.2, 0) is 18.3 Å². The molecule has 7 heteroatoms. The van der Waals surface area contributed by atoms with Crippen LogP contribution >= 0.6 is 7.60 Å². The molecule has 0 fully saturated rings. The smallest absolute Gasteiger partial charge is 0.407 e. The van der Waals surface area contributed by atoms with Crippen molar-refractivity contribution in [3.8, 4) is 11.1 Å². The van der Waals surface area contributed by atoms with Crippen LogP contribution in [0.1, 0.15) is 30.9 Å². The van der Waals surface area contributed by atoms with Crippen LogP contribution in [0.3, 0.4) is 0 Å². The number of hydrogen-bond acceptors (Lipinski definition) is 5. The van der Waals surface area contributed by atoms with Crippen molar-refractivity contribution >= 4 is 13.7 Å². The maximum Gasteiger partial charge on any atom is 0.407 e. The maximum absolute atomic E-state index is 12.4. The van der Waals surface area contributed by atoms with Gasteiger partial charge >= 0.3 is 13.7 Å². The SMILES string of the molecule is CCOP(=O)(CNC(=O)OCC1c2ccccc2-c2ccccc21)OCC. The predicted octanol–water partition coefficient (Wildman–Crippen LogP) is 4.75. The van der Waals surface area contributed by atoms with E-state index in [9.17, 15) is 9.36 Å². The lowest BCUT2D eigenvalue weighted by atomic mass is 9.98. The fraction of sp³-hybridized carbons (Fsp3) is 0.350. The van der Waals surface area contributed by atoms with E-state index in [0.29, 0.717) is 0 Å². The van der Waals surface area contributed by atoms with Crippen LogP contribution in [0.4, 0.5) is 4.79 Å². The first-order chi connectivity index (χ1) is 13.1. The zero-order valence-corrected chi connectivity index (χ0v) is 16.4. The molecule has 0 bridgehead atoms. The molecule has 0 saturated heterocycles. The second-order valence-corrected chi connectivity index (χ2v) is 8.16. The van der Waals surface area contributed by atoms with Crippen LogP contribution in [0.15, 0.2) is 48.5 Å². The lowest BCUT2D eigenvalue weighted by Crippen LogP contribution is -2.28. The van der Waals surface area contributed by atoms with Gasteiger partial charge in [0, 0.05) is 5.92 Å². The minimum atomic E-state index is -3.34. The van der Waals surface area contributed by atoms with E-state index in [2.05, 4.69) is 29.6 Å². The second-order valence-electron chi connectivity index (χ2n) is 6.11. The van der Waals surface area contributed by atoms with Gasteiger partial charge in [-0.3, -0.25) is 4.57 Å². The molecule has 0 saturated carbocycles. The van der Waals surface area contributed by atoms with E-state index in [1.165, 1.54) is 11.1 Å². The summed E-state index contributed by atoms with van der Waals surface area (Å²) in [6.07, 6.45) is -0.859. The Balaban J connectivity index is 1.63. The maximum atomic E-state index is 12.4. The van der Waals surface area contributed by atoms with Gasteiger partial charge in [-0.25, -0.2) is 4.79 Å². The lowest BCUT2D eigenvalue weighted by molar-refractivity contribution is 0.142. The van der Waals surface area contributed by atoms with E-state index in [-0.39, 0.29) is 32.0 Å². The number of rotatable bonds is 8. The molecule has 2 aromatic rings. The van der Waals surface area contributed by atoms with Gasteiger partial charge < -0.3 is 19.1 Å². The molecule has 3 rings (SSSR count). The predicted molar refractivity (Wildman–Crippen MR) is 104 cm³/mol. The van der Waals surface area contributed by atoms with Crippen LogP contribution < -0.4 is 5.32 Å². The van der Waals surface area contributed by atoms with Crippen LogP contribution in [0, 0.1) is 0 Å². The first-order valence-corrected chi connectivity index (χ1v) is 10.8. The van der Waals surface area contributed by atoms with Gasteiger partial charge in [-0.2, -0.15) is 0 Å². The number of nitrogens with one attached hydrogen (secondary N) is 1. The molecule has 1 N–H and O–H groups in total. The summed E-state index contributed by atoms with van der Waals surface area (Å²) in [7, 11) is -3.34. The summed E-state index contributed by atoms with van der Waals surface area (Å²) in [6, 6.07) is 16.2. The molecule has 1 aliphatic carbocycles. The number of alkyl carbamates (subject to hydrolysis) is 1. The van der Waals surface area contributed by atoms with E-state index in [1.54, 1.807) is 13.8 Å². The Hall–Kier alpha value is -2.14. The topological polar surface area (TPSA) is 73.9 Å². The van der Waals surface area contributed by atoms with Crippen LogP contribution in [0.25, 0.3) is 11.1 Å². The summed E-state index contributed by atoms with van der Waals surface area (Å²) >= 11 is 0. The third-order valence-electron chi connectivity index (χ3n) is 4.41. The summed E-state index contributed by atoms with van der Waals surface area (Å²) in [5, 5.41) is 2.49. The summed E-state index contributed by atoms with van der Waals surface area (Å²) in [6.45, 7) is 4.12. The van der Waals surface area contributed by atoms with E-state index in [1.807, 2.05) is 24.3 Å². The average Bonchev–Trinajstić information content (AvgIpc) is 2.99. The Bertz CT molecular complexity index is 798. The summed E-state index contributed by atoms with van der Waals surface area (Å²) in [5.41, 5.74) is 4.61. The van der Waals surface area contributed by atoms with Crippen LogP contribution in [-0.4, -0.2) is 32.2 Å². The Morgan fingerprint density at radius 1 is 0.963 bits per heavy atom. The van der Waals surface area contributed by atoms with Crippen molar-refractivity contribution in [2.24, 2.45) is 0 Å². The second kappa shape index (κ2) is 8.70. The van der Waals surface area contributed by atoms with Gasteiger partial charge in [0.2, 0.25) is 0 Å². The molecule has 27 heavy (non-hydrogen) atoms. The Morgan fingerprint density at radius 2 is 1.48 bits per heavy atom. The van der Waals surface area contributed by atoms with E-state index < -0.39 is 13.7 Å². The molecule has 1 aliphatic rings. The Morgan fingerprint density at radius 3 is 2.00 bits per heavy atom. The van der Waals surface area contributed by atoms with Crippen molar-refractivity contribution in [3.05, 3.63) is 59.7 Å². The first kappa shape index (κ1) is 19.6. The molecule has 0 radical (unpaired) electrons. The number of ether oxygens (including phenoxy) is 1. The molecule has 0 heterocycles. The molecule has 2 aromatic carbocycles. The zero-order valence-electron chi connectivity index (χ0n) is 15.5. The molecule has 0 aromatic heterocycles. The highest BCUT2D eigenvalue weighted by Crippen LogP contribution is 2.47. The van der Waals surface area contributed by atoms with Gasteiger partial charge in [0.25, 0.3) is 0 Å². The van der Waals surface area contributed by atoms with Crippen molar-refractivity contribution in [3.63, 3.8) is 0 Å². The van der Waals surface area contributed by atoms with Crippen molar-refractivity contribution in [1.29, 1.82) is 0 Å². The van der Waals surface area contributed by atoms with Gasteiger partial charge in [-0.1, -0.05) is 48.5 Å². The van der Waals surface area contributed by atoms with E-state index in [4.69, 9.17) is 13.8 Å². The van der Waals surface area contributed by atoms with Crippen LogP contribution in [0.5, 0.6) is 0 Å². The number of fused-ring (bicyclic) bond motifs is 3. The molecule has 6 nitrogen and oxygen atoms in total. The quantitative estimate of drug-likeness (QED) is 0.660. The Kier molecular flexibility index (Phi) is 6.32. The normalized spacial score (nSPS) is 13.1. The highest BCUT2D eigenvalue weighted by molar-refractivity contribution is 7.53. The largest absolute Gasteiger partial charge is 0.449 e. The summed E-state index contributed by atoms with van der Waals surface area (Å²) in [4.78, 5) is 12.1. The monoisotopic (exact) mass is 389 g/mol. The molecule has 1 amide bonds. The number of amides is 1. The van der Waals surface area contributed by atoms with Crippen molar-refractivity contribution in [1.82, 2.24) is 5.32 Å². The minimum absolute atomic E-state index is 0.0197. The number of carbonyl (C=O) groups excluding carboxylic acids is 1. The lowest BCUT2D eigenvalue weighted by Gasteiger charge is -2.18. The minimum Gasteiger partial charge on any atom is -0.449 e. The van der Waals surface area contributed by atoms with Gasteiger partial charge in [0.05, 0.1) is 13.2 Å². The summed E-state index contributed by atoms with van der Waals surface area (Å²) < 4.78 is 28.1.